The highest BCUT2D eigenvalue weighted by atomic mass is 19.3. The lowest BCUT2D eigenvalue weighted by Crippen LogP contribution is -2.11. The number of rotatable bonds is 4. The van der Waals surface area contributed by atoms with Crippen LogP contribution in [0.3, 0.4) is 0 Å². The molecule has 0 aromatic carbocycles. The van der Waals surface area contributed by atoms with Crippen molar-refractivity contribution in [3.63, 3.8) is 0 Å². The summed E-state index contributed by atoms with van der Waals surface area (Å²) >= 11 is 0. The van der Waals surface area contributed by atoms with Crippen molar-refractivity contribution in [1.29, 1.82) is 0 Å². The lowest BCUT2D eigenvalue weighted by Gasteiger charge is -2.12. The fraction of sp³-hybridized carbons (Fsp3) is 0.400. The van der Waals surface area contributed by atoms with Crippen LogP contribution in [0.2, 0.25) is 0 Å². The second-order valence-corrected chi connectivity index (χ2v) is 3.34. The molecular formula is C10H12F2N2O2. The summed E-state index contributed by atoms with van der Waals surface area (Å²) in [6.45, 7) is 1.40. The van der Waals surface area contributed by atoms with Gasteiger partial charge >= 0.3 is 5.97 Å². The quantitative estimate of drug-likeness (QED) is 0.820. The summed E-state index contributed by atoms with van der Waals surface area (Å²) in [6, 6.07) is 0. The number of carbonyl (C=O) groups is 1. The van der Waals surface area contributed by atoms with Crippen molar-refractivity contribution >= 4 is 5.97 Å². The fourth-order valence-corrected chi connectivity index (χ4v) is 1.51. The van der Waals surface area contributed by atoms with Crippen LogP contribution in [0.15, 0.2) is 6.20 Å². The molecule has 1 heterocycles. The third-order valence-electron chi connectivity index (χ3n) is 2.32. The maximum absolute atomic E-state index is 12.8. The van der Waals surface area contributed by atoms with Crippen molar-refractivity contribution in [1.82, 2.24) is 4.98 Å². The number of carboxylic acid groups (broad SMARTS) is 1. The number of pyridine rings is 1. The molecule has 6 heteroatoms. The molecule has 0 amide bonds. The van der Waals surface area contributed by atoms with Crippen molar-refractivity contribution in [3.05, 3.63) is 28.6 Å². The first-order valence-corrected chi connectivity index (χ1v) is 4.64. The molecule has 0 aliphatic carbocycles. The Bertz CT molecular complexity index is 408. The summed E-state index contributed by atoms with van der Waals surface area (Å²) in [6.07, 6.45) is -1.82. The number of halogens is 2. The summed E-state index contributed by atoms with van der Waals surface area (Å²) in [5.41, 5.74) is 5.73. The van der Waals surface area contributed by atoms with Crippen LogP contribution in [0, 0.1) is 6.92 Å². The van der Waals surface area contributed by atoms with E-state index in [1.54, 1.807) is 0 Å². The first kappa shape index (κ1) is 12.5. The lowest BCUT2D eigenvalue weighted by molar-refractivity contribution is -0.136. The van der Waals surface area contributed by atoms with Crippen LogP contribution in [0.1, 0.15) is 28.8 Å². The fourth-order valence-electron chi connectivity index (χ4n) is 1.51. The van der Waals surface area contributed by atoms with Gasteiger partial charge in [-0.15, -0.1) is 0 Å². The Balaban J connectivity index is 3.26. The van der Waals surface area contributed by atoms with Crippen LogP contribution in [0.25, 0.3) is 0 Å². The third-order valence-corrected chi connectivity index (χ3v) is 2.32. The smallest absolute Gasteiger partial charge is 0.309 e. The van der Waals surface area contributed by atoms with E-state index < -0.39 is 12.4 Å². The number of carboxylic acids is 1. The van der Waals surface area contributed by atoms with E-state index in [4.69, 9.17) is 10.8 Å². The highest BCUT2D eigenvalue weighted by molar-refractivity contribution is 5.70. The average Bonchev–Trinajstić information content (AvgIpc) is 2.19. The van der Waals surface area contributed by atoms with Gasteiger partial charge in [0.2, 0.25) is 0 Å². The predicted molar refractivity (Wildman–Crippen MR) is 53.2 cm³/mol. The molecule has 88 valence electrons. The Morgan fingerprint density at radius 2 is 2.25 bits per heavy atom. The molecule has 0 atom stereocenters. The van der Waals surface area contributed by atoms with Crippen LogP contribution >= 0.6 is 0 Å². The van der Waals surface area contributed by atoms with Crippen molar-refractivity contribution in [2.75, 3.05) is 0 Å². The maximum Gasteiger partial charge on any atom is 0.309 e. The molecule has 0 unspecified atom stereocenters. The Morgan fingerprint density at radius 3 is 2.69 bits per heavy atom. The Hall–Kier alpha value is -1.56. The molecule has 1 aromatic rings. The van der Waals surface area contributed by atoms with E-state index in [2.05, 4.69) is 4.98 Å². The lowest BCUT2D eigenvalue weighted by atomic mass is 10.0. The minimum atomic E-state index is -2.67. The van der Waals surface area contributed by atoms with Gasteiger partial charge in [0, 0.05) is 18.3 Å². The molecule has 0 fully saturated rings. The molecule has 1 rings (SSSR count). The SMILES string of the molecule is Cc1c(CC(=O)O)ncc(CN)c1C(F)F. The van der Waals surface area contributed by atoms with Gasteiger partial charge in [0.15, 0.2) is 0 Å². The van der Waals surface area contributed by atoms with E-state index in [1.165, 1.54) is 13.1 Å². The zero-order valence-corrected chi connectivity index (χ0v) is 8.70. The monoisotopic (exact) mass is 230 g/mol. The average molecular weight is 230 g/mol. The number of hydrogen-bond donors (Lipinski definition) is 2. The van der Waals surface area contributed by atoms with E-state index in [1.807, 2.05) is 0 Å². The van der Waals surface area contributed by atoms with Crippen LogP contribution in [-0.4, -0.2) is 16.1 Å². The number of alkyl halides is 2. The van der Waals surface area contributed by atoms with Gasteiger partial charge in [-0.1, -0.05) is 0 Å². The van der Waals surface area contributed by atoms with Gasteiger partial charge in [-0.3, -0.25) is 9.78 Å². The highest BCUT2D eigenvalue weighted by Gasteiger charge is 2.19. The van der Waals surface area contributed by atoms with Gasteiger partial charge < -0.3 is 10.8 Å². The minimum absolute atomic E-state index is 0.0408. The van der Waals surface area contributed by atoms with Crippen LogP contribution in [0.4, 0.5) is 8.78 Å². The van der Waals surface area contributed by atoms with E-state index in [-0.39, 0.29) is 35.3 Å². The molecule has 0 spiro atoms. The van der Waals surface area contributed by atoms with Gasteiger partial charge in [0.1, 0.15) is 0 Å². The van der Waals surface area contributed by atoms with Gasteiger partial charge in [-0.2, -0.15) is 0 Å². The summed E-state index contributed by atoms with van der Waals surface area (Å²) < 4.78 is 25.5. The van der Waals surface area contributed by atoms with Crippen molar-refractivity contribution in [2.45, 2.75) is 26.3 Å². The largest absolute Gasteiger partial charge is 0.481 e. The maximum atomic E-state index is 12.8. The number of nitrogens with two attached hydrogens (primary N) is 1. The Morgan fingerprint density at radius 1 is 1.62 bits per heavy atom. The van der Waals surface area contributed by atoms with Gasteiger partial charge in [-0.25, -0.2) is 8.78 Å². The number of aliphatic carboxylic acids is 1. The molecular weight excluding hydrogens is 218 g/mol. The molecule has 3 N–H and O–H groups in total. The van der Waals surface area contributed by atoms with Gasteiger partial charge in [-0.05, 0) is 18.1 Å². The molecule has 4 nitrogen and oxygen atoms in total. The second kappa shape index (κ2) is 4.98. The molecule has 0 saturated carbocycles. The van der Waals surface area contributed by atoms with Crippen molar-refractivity contribution < 1.29 is 18.7 Å². The van der Waals surface area contributed by atoms with E-state index >= 15 is 0 Å². The van der Waals surface area contributed by atoms with Gasteiger partial charge in [0.25, 0.3) is 6.43 Å². The van der Waals surface area contributed by atoms with E-state index in [9.17, 15) is 13.6 Å². The zero-order valence-electron chi connectivity index (χ0n) is 8.70. The predicted octanol–water partition coefficient (Wildman–Crippen LogP) is 1.41. The van der Waals surface area contributed by atoms with Crippen LogP contribution < -0.4 is 5.73 Å². The Kier molecular flexibility index (Phi) is 3.89. The van der Waals surface area contributed by atoms with Crippen molar-refractivity contribution in [3.8, 4) is 0 Å². The summed E-state index contributed by atoms with van der Waals surface area (Å²) in [5, 5.41) is 8.60. The van der Waals surface area contributed by atoms with Crippen LogP contribution in [0.5, 0.6) is 0 Å². The van der Waals surface area contributed by atoms with Crippen LogP contribution in [-0.2, 0) is 17.8 Å². The first-order valence-electron chi connectivity index (χ1n) is 4.64. The summed E-state index contributed by atoms with van der Waals surface area (Å²) in [4.78, 5) is 14.3. The molecule has 1 aromatic heterocycles. The highest BCUT2D eigenvalue weighted by Crippen LogP contribution is 2.27. The minimum Gasteiger partial charge on any atom is -0.481 e. The summed E-state index contributed by atoms with van der Waals surface area (Å²) in [5.74, 6) is -1.10. The normalized spacial score (nSPS) is 10.8. The topological polar surface area (TPSA) is 76.2 Å². The number of nitrogens with zero attached hydrogens (tertiary/aromatic N) is 1. The van der Waals surface area contributed by atoms with E-state index in [0.717, 1.165) is 0 Å². The standard InChI is InChI=1S/C10H12F2N2O2/c1-5-7(2-8(15)16)14-4-6(3-13)9(5)10(11)12/h4,10H,2-3,13H2,1H3,(H,15,16). The molecule has 0 radical (unpaired) electrons. The van der Waals surface area contributed by atoms with E-state index in [0.29, 0.717) is 0 Å². The third kappa shape index (κ3) is 2.52. The molecule has 0 bridgehead atoms. The van der Waals surface area contributed by atoms with Gasteiger partial charge in [0.05, 0.1) is 12.1 Å². The Labute approximate surface area is 91.1 Å². The second-order valence-electron chi connectivity index (χ2n) is 3.34. The summed E-state index contributed by atoms with van der Waals surface area (Å²) in [7, 11) is 0. The molecule has 0 aliphatic rings. The number of hydrogen-bond acceptors (Lipinski definition) is 3. The number of aromatic nitrogens is 1. The molecule has 0 saturated heterocycles. The van der Waals surface area contributed by atoms with Crippen molar-refractivity contribution in [2.24, 2.45) is 5.73 Å². The first-order chi connectivity index (χ1) is 7.47. The zero-order chi connectivity index (χ0) is 12.3. The molecule has 16 heavy (non-hydrogen) atoms. The molecule has 0 aliphatic heterocycles.